The third kappa shape index (κ3) is 10.6. The quantitative estimate of drug-likeness (QED) is 0.579. The number of rotatable bonds is 2. The molecule has 1 atom stereocenters. The van der Waals surface area contributed by atoms with Gasteiger partial charge in [0.2, 0.25) is 0 Å². The Hall–Kier alpha value is -1.44. The van der Waals surface area contributed by atoms with Crippen molar-refractivity contribution in [2.45, 2.75) is 34.1 Å². The van der Waals surface area contributed by atoms with Gasteiger partial charge in [0.1, 0.15) is 11.5 Å². The zero-order chi connectivity index (χ0) is 13.0. The van der Waals surface area contributed by atoms with Gasteiger partial charge in [-0.1, -0.05) is 40.2 Å². The van der Waals surface area contributed by atoms with Crippen molar-refractivity contribution in [3.63, 3.8) is 0 Å². The van der Waals surface area contributed by atoms with E-state index in [1.807, 2.05) is 19.9 Å². The molecule has 2 heteroatoms. The molecule has 0 aliphatic carbocycles. The molecule has 1 unspecified atom stereocenters. The second-order valence-electron chi connectivity index (χ2n) is 3.14. The van der Waals surface area contributed by atoms with Gasteiger partial charge in [0.15, 0.2) is 0 Å². The molecule has 0 radical (unpaired) electrons. The highest BCUT2D eigenvalue weighted by Crippen LogP contribution is 2.13. The van der Waals surface area contributed by atoms with Crippen molar-refractivity contribution in [3.8, 4) is 11.5 Å². The van der Waals surface area contributed by atoms with Gasteiger partial charge in [-0.15, -0.1) is 6.58 Å². The normalized spacial score (nSPS) is 10.0. The van der Waals surface area contributed by atoms with Crippen molar-refractivity contribution in [1.82, 2.24) is 0 Å². The monoisotopic (exact) mass is 224 g/mol. The summed E-state index contributed by atoms with van der Waals surface area (Å²) >= 11 is 0. The van der Waals surface area contributed by atoms with Gasteiger partial charge in [0.05, 0.1) is 0 Å². The minimum atomic E-state index is 0.169. The number of hydrogen-bond donors (Lipinski definition) is 2. The predicted molar refractivity (Wildman–Crippen MR) is 70.8 cm³/mol. The molecule has 0 aromatic heterocycles. The molecule has 0 amide bonds. The maximum Gasteiger partial charge on any atom is 0.115 e. The standard InChI is InChI=1S/C6H6O2.C6H12.C2H6/c7-5-1-2-6(8)4-3-5;1-4-6(3)5-2;1-2/h1-4,7-8H;4,6H,1,5H2,2-3H3;1-2H3. The van der Waals surface area contributed by atoms with E-state index in [4.69, 9.17) is 10.2 Å². The zero-order valence-electron chi connectivity index (χ0n) is 10.8. The van der Waals surface area contributed by atoms with Gasteiger partial charge in [-0.2, -0.15) is 0 Å². The van der Waals surface area contributed by atoms with E-state index in [1.54, 1.807) is 0 Å². The van der Waals surface area contributed by atoms with E-state index in [1.165, 1.54) is 30.7 Å². The number of hydrogen-bond acceptors (Lipinski definition) is 2. The topological polar surface area (TPSA) is 40.5 Å². The number of phenols is 2. The molecule has 1 aromatic rings. The molecule has 92 valence electrons. The van der Waals surface area contributed by atoms with Gasteiger partial charge >= 0.3 is 0 Å². The minimum absolute atomic E-state index is 0.169. The second kappa shape index (κ2) is 11.6. The van der Waals surface area contributed by atoms with E-state index in [-0.39, 0.29) is 11.5 Å². The van der Waals surface area contributed by atoms with Crippen LogP contribution in [0.5, 0.6) is 11.5 Å². The highest BCUT2D eigenvalue weighted by Gasteiger charge is 1.84. The molecule has 0 heterocycles. The fourth-order valence-corrected chi connectivity index (χ4v) is 0.619. The fourth-order valence-electron chi connectivity index (χ4n) is 0.619. The Morgan fingerprint density at radius 3 is 1.56 bits per heavy atom. The Labute approximate surface area is 99.3 Å². The molecule has 2 N–H and O–H groups in total. The summed E-state index contributed by atoms with van der Waals surface area (Å²) in [5.74, 6) is 1.04. The molecule has 1 aromatic carbocycles. The average molecular weight is 224 g/mol. The van der Waals surface area contributed by atoms with E-state index in [0.717, 1.165) is 0 Å². The summed E-state index contributed by atoms with van der Waals surface area (Å²) in [6.45, 7) is 12.0. The van der Waals surface area contributed by atoms with Gasteiger partial charge in [0.25, 0.3) is 0 Å². The van der Waals surface area contributed by atoms with E-state index >= 15 is 0 Å². The first-order chi connectivity index (χ1) is 7.60. The van der Waals surface area contributed by atoms with Crippen molar-refractivity contribution >= 4 is 0 Å². The maximum atomic E-state index is 8.65. The van der Waals surface area contributed by atoms with E-state index < -0.39 is 0 Å². The molecule has 2 nitrogen and oxygen atoms in total. The molecule has 0 saturated carbocycles. The third-order valence-corrected chi connectivity index (χ3v) is 1.90. The number of phenolic OH excluding ortho intramolecular Hbond substituents is 2. The lowest BCUT2D eigenvalue weighted by molar-refractivity contribution is 0.460. The van der Waals surface area contributed by atoms with Crippen LogP contribution in [0.15, 0.2) is 36.9 Å². The molecule has 16 heavy (non-hydrogen) atoms. The van der Waals surface area contributed by atoms with Crippen LogP contribution in [0.25, 0.3) is 0 Å². The Morgan fingerprint density at radius 1 is 1.12 bits per heavy atom. The highest BCUT2D eigenvalue weighted by molar-refractivity contribution is 5.28. The Morgan fingerprint density at radius 2 is 1.44 bits per heavy atom. The summed E-state index contributed by atoms with van der Waals surface area (Å²) in [5.41, 5.74) is 0. The average Bonchev–Trinajstić information content (AvgIpc) is 2.35. The largest absolute Gasteiger partial charge is 0.508 e. The molecule has 0 aliphatic rings. The second-order valence-corrected chi connectivity index (χ2v) is 3.14. The van der Waals surface area contributed by atoms with Crippen LogP contribution in [0.1, 0.15) is 34.1 Å². The molecular formula is C14H24O2. The lowest BCUT2D eigenvalue weighted by atomic mass is 10.1. The fraction of sp³-hybridized carbons (Fsp3) is 0.429. The Balaban J connectivity index is 0. The first-order valence-corrected chi connectivity index (χ1v) is 5.70. The van der Waals surface area contributed by atoms with Gasteiger partial charge in [-0.3, -0.25) is 0 Å². The van der Waals surface area contributed by atoms with Gasteiger partial charge in [0, 0.05) is 0 Å². The summed E-state index contributed by atoms with van der Waals surface area (Å²) in [6.07, 6.45) is 3.18. The van der Waals surface area contributed by atoms with Gasteiger partial charge in [-0.05, 0) is 30.2 Å². The SMILES string of the molecule is C=CC(C)CC.CC.Oc1ccc(O)cc1. The molecule has 0 aliphatic heterocycles. The Kier molecular flexibility index (Phi) is 12.3. The van der Waals surface area contributed by atoms with Crippen molar-refractivity contribution in [2.24, 2.45) is 5.92 Å². The molecule has 0 saturated heterocycles. The Bertz CT molecular complexity index is 231. The molecule has 0 spiro atoms. The smallest absolute Gasteiger partial charge is 0.115 e. The third-order valence-electron chi connectivity index (χ3n) is 1.90. The zero-order valence-corrected chi connectivity index (χ0v) is 10.8. The van der Waals surface area contributed by atoms with E-state index in [2.05, 4.69) is 20.4 Å². The van der Waals surface area contributed by atoms with Crippen LogP contribution in [-0.2, 0) is 0 Å². The lowest BCUT2D eigenvalue weighted by Gasteiger charge is -1.93. The van der Waals surface area contributed by atoms with Crippen LogP contribution in [-0.4, -0.2) is 10.2 Å². The van der Waals surface area contributed by atoms with Crippen LogP contribution < -0.4 is 0 Å². The summed E-state index contributed by atoms with van der Waals surface area (Å²) in [6, 6.07) is 5.70. The molecular weight excluding hydrogens is 200 g/mol. The van der Waals surface area contributed by atoms with Crippen molar-refractivity contribution in [3.05, 3.63) is 36.9 Å². The van der Waals surface area contributed by atoms with Crippen LogP contribution in [0.2, 0.25) is 0 Å². The molecule has 1 rings (SSSR count). The van der Waals surface area contributed by atoms with Gasteiger partial charge < -0.3 is 10.2 Å². The number of benzene rings is 1. The first-order valence-electron chi connectivity index (χ1n) is 5.70. The summed E-state index contributed by atoms with van der Waals surface area (Å²) in [4.78, 5) is 0. The van der Waals surface area contributed by atoms with Crippen molar-refractivity contribution in [2.75, 3.05) is 0 Å². The predicted octanol–water partition coefficient (Wildman–Crippen LogP) is 4.34. The minimum Gasteiger partial charge on any atom is -0.508 e. The molecule has 0 fully saturated rings. The summed E-state index contributed by atoms with van der Waals surface area (Å²) < 4.78 is 0. The van der Waals surface area contributed by atoms with E-state index in [9.17, 15) is 0 Å². The number of aromatic hydroxyl groups is 2. The van der Waals surface area contributed by atoms with Crippen LogP contribution in [0.4, 0.5) is 0 Å². The van der Waals surface area contributed by atoms with E-state index in [0.29, 0.717) is 5.92 Å². The van der Waals surface area contributed by atoms with Crippen molar-refractivity contribution < 1.29 is 10.2 Å². The lowest BCUT2D eigenvalue weighted by Crippen LogP contribution is -1.80. The summed E-state index contributed by atoms with van der Waals surface area (Å²) in [7, 11) is 0. The number of allylic oxidation sites excluding steroid dienone is 1. The summed E-state index contributed by atoms with van der Waals surface area (Å²) in [5, 5.41) is 17.3. The van der Waals surface area contributed by atoms with Crippen LogP contribution >= 0.6 is 0 Å². The maximum absolute atomic E-state index is 8.65. The van der Waals surface area contributed by atoms with Gasteiger partial charge in [-0.25, -0.2) is 0 Å². The van der Waals surface area contributed by atoms with Crippen LogP contribution in [0.3, 0.4) is 0 Å². The van der Waals surface area contributed by atoms with Crippen molar-refractivity contribution in [1.29, 1.82) is 0 Å². The first kappa shape index (κ1) is 17.0. The molecule has 0 bridgehead atoms. The highest BCUT2D eigenvalue weighted by atomic mass is 16.3. The van der Waals surface area contributed by atoms with Crippen LogP contribution in [0, 0.1) is 5.92 Å².